The zero-order valence-electron chi connectivity index (χ0n) is 8.80. The summed E-state index contributed by atoms with van der Waals surface area (Å²) in [6.07, 6.45) is 5.41. The molecule has 0 radical (unpaired) electrons. The molecule has 6 nitrogen and oxygen atoms in total. The van der Waals surface area contributed by atoms with Crippen LogP contribution in [0, 0.1) is 5.92 Å². The summed E-state index contributed by atoms with van der Waals surface area (Å²) in [6.45, 7) is 1.02. The van der Waals surface area contributed by atoms with E-state index in [-0.39, 0.29) is 6.61 Å². The van der Waals surface area contributed by atoms with Crippen LogP contribution in [0.15, 0.2) is 12.4 Å². The van der Waals surface area contributed by atoms with Crippen LogP contribution in [-0.4, -0.2) is 36.7 Å². The van der Waals surface area contributed by atoms with Crippen LogP contribution < -0.4 is 0 Å². The lowest BCUT2D eigenvalue weighted by Gasteiger charge is -2.22. The molecule has 1 aliphatic rings. The second-order valence-electron chi connectivity index (χ2n) is 4.12. The van der Waals surface area contributed by atoms with Crippen LogP contribution in [0.1, 0.15) is 12.2 Å². The summed E-state index contributed by atoms with van der Waals surface area (Å²) >= 11 is 0. The van der Waals surface area contributed by atoms with Crippen molar-refractivity contribution in [3.63, 3.8) is 0 Å². The number of aryl methyl sites for hydroxylation is 1. The lowest BCUT2D eigenvalue weighted by Crippen LogP contribution is -2.23. The van der Waals surface area contributed by atoms with E-state index in [1.165, 1.54) is 0 Å². The Morgan fingerprint density at radius 2 is 2.44 bits per heavy atom. The van der Waals surface area contributed by atoms with E-state index in [9.17, 15) is 5.11 Å². The predicted molar refractivity (Wildman–Crippen MR) is 56.5 cm³/mol. The minimum atomic E-state index is 0.225. The van der Waals surface area contributed by atoms with Gasteiger partial charge >= 0.3 is 0 Å². The molecule has 0 aromatic carbocycles. The Kier molecular flexibility index (Phi) is 2.21. The van der Waals surface area contributed by atoms with Gasteiger partial charge in [0.2, 0.25) is 0 Å². The van der Waals surface area contributed by atoms with E-state index in [1.807, 2.05) is 0 Å². The molecule has 1 atom stereocenters. The summed E-state index contributed by atoms with van der Waals surface area (Å²) in [5, 5.41) is 24.2. The van der Waals surface area contributed by atoms with Gasteiger partial charge in [0.1, 0.15) is 5.82 Å². The third-order valence-corrected chi connectivity index (χ3v) is 3.06. The molecule has 16 heavy (non-hydrogen) atoms. The van der Waals surface area contributed by atoms with E-state index >= 15 is 0 Å². The molecule has 0 spiro atoms. The van der Waals surface area contributed by atoms with E-state index in [0.29, 0.717) is 5.92 Å². The zero-order valence-corrected chi connectivity index (χ0v) is 8.80. The summed E-state index contributed by atoms with van der Waals surface area (Å²) < 4.78 is 2.08. The topological polar surface area (TPSA) is 79.6 Å². The standard InChI is InChI=1S/C10H13N5O/c16-6-7-1-2-9-13-14-10(15(9)5-7)8-3-11-12-4-8/h3-4,7,16H,1-2,5-6H2,(H,11,12). The van der Waals surface area contributed by atoms with E-state index in [0.717, 1.165) is 36.6 Å². The lowest BCUT2D eigenvalue weighted by atomic mass is 10.0. The summed E-state index contributed by atoms with van der Waals surface area (Å²) in [6, 6.07) is 0. The molecule has 1 aliphatic heterocycles. The first kappa shape index (κ1) is 9.53. The highest BCUT2D eigenvalue weighted by Crippen LogP contribution is 2.24. The number of aliphatic hydroxyl groups is 1. The molecule has 0 fully saturated rings. The van der Waals surface area contributed by atoms with Crippen molar-refractivity contribution in [1.82, 2.24) is 25.0 Å². The molecule has 0 saturated heterocycles. The number of aromatic amines is 1. The fraction of sp³-hybridized carbons (Fsp3) is 0.500. The van der Waals surface area contributed by atoms with Crippen molar-refractivity contribution in [2.45, 2.75) is 19.4 Å². The summed E-state index contributed by atoms with van der Waals surface area (Å²) in [4.78, 5) is 0. The fourth-order valence-electron chi connectivity index (χ4n) is 2.13. The van der Waals surface area contributed by atoms with E-state index in [4.69, 9.17) is 0 Å². The molecule has 2 aromatic rings. The predicted octanol–water partition coefficient (Wildman–Crippen LogP) is 0.223. The first-order chi connectivity index (χ1) is 7.88. The number of fused-ring (bicyclic) bond motifs is 1. The van der Waals surface area contributed by atoms with Crippen LogP contribution in [0.2, 0.25) is 0 Å². The fourth-order valence-corrected chi connectivity index (χ4v) is 2.13. The molecular formula is C10H13N5O. The Morgan fingerprint density at radius 3 is 3.19 bits per heavy atom. The SMILES string of the molecule is OCC1CCc2nnc(-c3cn[nH]c3)n2C1. The molecule has 0 amide bonds. The van der Waals surface area contributed by atoms with Gasteiger partial charge in [-0.15, -0.1) is 10.2 Å². The molecule has 3 rings (SSSR count). The summed E-state index contributed by atoms with van der Waals surface area (Å²) in [5.74, 6) is 2.15. The van der Waals surface area contributed by atoms with E-state index < -0.39 is 0 Å². The van der Waals surface area contributed by atoms with Gasteiger partial charge in [-0.3, -0.25) is 5.10 Å². The van der Waals surface area contributed by atoms with E-state index in [1.54, 1.807) is 12.4 Å². The summed E-state index contributed by atoms with van der Waals surface area (Å²) in [7, 11) is 0. The first-order valence-electron chi connectivity index (χ1n) is 5.40. The number of H-pyrrole nitrogens is 1. The van der Waals surface area contributed by atoms with Crippen molar-refractivity contribution < 1.29 is 5.11 Å². The van der Waals surface area contributed by atoms with E-state index in [2.05, 4.69) is 25.0 Å². The van der Waals surface area contributed by atoms with Crippen molar-refractivity contribution in [2.75, 3.05) is 6.61 Å². The van der Waals surface area contributed by atoms with Gasteiger partial charge in [-0.1, -0.05) is 0 Å². The molecule has 1 unspecified atom stereocenters. The van der Waals surface area contributed by atoms with Gasteiger partial charge in [-0.2, -0.15) is 5.10 Å². The van der Waals surface area contributed by atoms with Gasteiger partial charge in [0.15, 0.2) is 5.82 Å². The molecule has 2 N–H and O–H groups in total. The molecule has 0 bridgehead atoms. The van der Waals surface area contributed by atoms with Gasteiger partial charge in [0.25, 0.3) is 0 Å². The molecular weight excluding hydrogens is 206 g/mol. The van der Waals surface area contributed by atoms with Crippen molar-refractivity contribution >= 4 is 0 Å². The first-order valence-corrected chi connectivity index (χ1v) is 5.40. The molecule has 84 valence electrons. The Balaban J connectivity index is 2.00. The molecule has 2 aromatic heterocycles. The van der Waals surface area contributed by atoms with Crippen LogP contribution >= 0.6 is 0 Å². The monoisotopic (exact) mass is 219 g/mol. The second-order valence-corrected chi connectivity index (χ2v) is 4.12. The Labute approximate surface area is 92.3 Å². The quantitative estimate of drug-likeness (QED) is 0.757. The maximum absolute atomic E-state index is 9.20. The van der Waals surface area contributed by atoms with Gasteiger partial charge in [-0.05, 0) is 6.42 Å². The Morgan fingerprint density at radius 1 is 1.50 bits per heavy atom. The highest BCUT2D eigenvalue weighted by atomic mass is 16.3. The van der Waals surface area contributed by atoms with Crippen LogP contribution in [0.3, 0.4) is 0 Å². The smallest absolute Gasteiger partial charge is 0.167 e. The van der Waals surface area contributed by atoms with Crippen LogP contribution in [0.5, 0.6) is 0 Å². The Hall–Kier alpha value is -1.69. The third-order valence-electron chi connectivity index (χ3n) is 3.06. The van der Waals surface area contributed by atoms with Crippen LogP contribution in [0.25, 0.3) is 11.4 Å². The maximum atomic E-state index is 9.20. The maximum Gasteiger partial charge on any atom is 0.167 e. The largest absolute Gasteiger partial charge is 0.396 e. The second kappa shape index (κ2) is 3.71. The highest BCUT2D eigenvalue weighted by molar-refractivity contribution is 5.52. The number of aliphatic hydroxyl groups excluding tert-OH is 1. The average Bonchev–Trinajstić information content (AvgIpc) is 2.96. The number of hydrogen-bond acceptors (Lipinski definition) is 4. The normalized spacial score (nSPS) is 19.7. The highest BCUT2D eigenvalue weighted by Gasteiger charge is 2.23. The van der Waals surface area contributed by atoms with Crippen molar-refractivity contribution in [3.05, 3.63) is 18.2 Å². The number of rotatable bonds is 2. The van der Waals surface area contributed by atoms with Crippen molar-refractivity contribution in [1.29, 1.82) is 0 Å². The van der Waals surface area contributed by atoms with Gasteiger partial charge in [0.05, 0.1) is 11.8 Å². The minimum Gasteiger partial charge on any atom is -0.396 e. The van der Waals surface area contributed by atoms with Crippen LogP contribution in [0.4, 0.5) is 0 Å². The minimum absolute atomic E-state index is 0.225. The molecule has 0 aliphatic carbocycles. The van der Waals surface area contributed by atoms with Crippen molar-refractivity contribution in [3.8, 4) is 11.4 Å². The van der Waals surface area contributed by atoms with Crippen molar-refractivity contribution in [2.24, 2.45) is 5.92 Å². The number of nitrogens with zero attached hydrogens (tertiary/aromatic N) is 4. The third kappa shape index (κ3) is 1.42. The number of hydrogen-bond donors (Lipinski definition) is 2. The lowest BCUT2D eigenvalue weighted by molar-refractivity contribution is 0.191. The zero-order chi connectivity index (χ0) is 11.0. The number of nitrogens with one attached hydrogen (secondary N) is 1. The molecule has 0 saturated carbocycles. The van der Waals surface area contributed by atoms with Gasteiger partial charge in [-0.25, -0.2) is 0 Å². The van der Waals surface area contributed by atoms with Gasteiger partial charge in [0, 0.05) is 31.7 Å². The molecule has 6 heteroatoms. The Bertz CT molecular complexity index is 475. The van der Waals surface area contributed by atoms with Gasteiger partial charge < -0.3 is 9.67 Å². The van der Waals surface area contributed by atoms with Crippen LogP contribution in [-0.2, 0) is 13.0 Å². The summed E-state index contributed by atoms with van der Waals surface area (Å²) in [5.41, 5.74) is 0.942. The number of aromatic nitrogens is 5. The molecule has 3 heterocycles. The average molecular weight is 219 g/mol.